The summed E-state index contributed by atoms with van der Waals surface area (Å²) in [5.41, 5.74) is 1.22. The molecule has 0 aromatic heterocycles. The molecular weight excluding hydrogens is 350 g/mol. The predicted octanol–water partition coefficient (Wildman–Crippen LogP) is 2.88. The first-order valence-electron chi connectivity index (χ1n) is 9.80. The number of rotatable bonds is 4. The Balaban J connectivity index is 1.63. The first-order valence-corrected chi connectivity index (χ1v) is 10.2. The van der Waals surface area contributed by atoms with Gasteiger partial charge in [-0.2, -0.15) is 0 Å². The second-order valence-electron chi connectivity index (χ2n) is 8.85. The number of hydrogen-bond donors (Lipinski definition) is 1. The van der Waals surface area contributed by atoms with Crippen LogP contribution in [0.5, 0.6) is 5.75 Å². The van der Waals surface area contributed by atoms with Gasteiger partial charge in [0.05, 0.1) is 12.7 Å². The van der Waals surface area contributed by atoms with Gasteiger partial charge >= 0.3 is 0 Å². The van der Waals surface area contributed by atoms with E-state index in [-0.39, 0.29) is 22.6 Å². The lowest BCUT2D eigenvalue weighted by molar-refractivity contribution is -0.132. The molecule has 1 N–H and O–H groups in total. The first-order chi connectivity index (χ1) is 12.5. The molecule has 4 aliphatic rings. The Kier molecular flexibility index (Phi) is 3.73. The fourth-order valence-electron chi connectivity index (χ4n) is 6.11. The highest BCUT2D eigenvalue weighted by Gasteiger charge is 2.67. The third kappa shape index (κ3) is 2.25. The van der Waals surface area contributed by atoms with Gasteiger partial charge in [-0.05, 0) is 85.8 Å². The van der Waals surface area contributed by atoms with Gasteiger partial charge in [-0.3, -0.25) is 9.69 Å². The number of nitrogens with zero attached hydrogens (tertiary/aromatic N) is 1. The molecule has 1 heterocycles. The smallest absolute Gasteiger partial charge is 0.224 e. The summed E-state index contributed by atoms with van der Waals surface area (Å²) < 4.78 is 5.47. The highest BCUT2D eigenvalue weighted by Crippen LogP contribution is 2.62. The summed E-state index contributed by atoms with van der Waals surface area (Å²) in [6, 6.07) is 6.34. The molecule has 1 aliphatic heterocycles. The molecule has 1 unspecified atom stereocenters. The number of methoxy groups -OCH3 is 1. The van der Waals surface area contributed by atoms with E-state index in [1.807, 2.05) is 6.07 Å². The Morgan fingerprint density at radius 2 is 2.19 bits per heavy atom. The number of piperidine rings is 1. The lowest BCUT2D eigenvalue weighted by atomic mass is 9.56. The van der Waals surface area contributed by atoms with Gasteiger partial charge in [-0.1, -0.05) is 6.07 Å². The maximum absolute atomic E-state index is 12.0. The fraction of sp³-hybridized carbons (Fsp3) is 0.667. The summed E-state index contributed by atoms with van der Waals surface area (Å²) >= 11 is 5.93. The Morgan fingerprint density at radius 3 is 2.88 bits per heavy atom. The summed E-state index contributed by atoms with van der Waals surface area (Å²) in [7, 11) is 1.68. The van der Waals surface area contributed by atoms with Gasteiger partial charge in [-0.15, -0.1) is 0 Å². The van der Waals surface area contributed by atoms with Crippen LogP contribution in [0.15, 0.2) is 18.2 Å². The first kappa shape index (κ1) is 17.0. The molecule has 0 spiro atoms. The summed E-state index contributed by atoms with van der Waals surface area (Å²) in [5, 5.41) is 11.7. The molecule has 5 heteroatoms. The van der Waals surface area contributed by atoms with Crippen LogP contribution in [0.3, 0.4) is 0 Å². The van der Waals surface area contributed by atoms with E-state index in [4.69, 9.17) is 16.3 Å². The summed E-state index contributed by atoms with van der Waals surface area (Å²) in [6.45, 7) is 2.07. The van der Waals surface area contributed by atoms with Gasteiger partial charge in [0.1, 0.15) is 5.75 Å². The van der Waals surface area contributed by atoms with Crippen LogP contribution in [0.2, 0.25) is 0 Å². The fourth-order valence-corrected chi connectivity index (χ4v) is 6.26. The van der Waals surface area contributed by atoms with Crippen molar-refractivity contribution in [3.63, 3.8) is 0 Å². The minimum absolute atomic E-state index is 0.0822. The molecule has 5 rings (SSSR count). The summed E-state index contributed by atoms with van der Waals surface area (Å²) in [4.78, 5) is 14.5. The van der Waals surface area contributed by atoms with Crippen LogP contribution in [0.1, 0.15) is 43.2 Å². The zero-order chi connectivity index (χ0) is 18.1. The number of carbonyl (C=O) groups is 1. The minimum Gasteiger partial charge on any atom is -0.497 e. The Labute approximate surface area is 159 Å². The second kappa shape index (κ2) is 5.70. The normalized spacial score (nSPS) is 38.6. The van der Waals surface area contributed by atoms with E-state index in [9.17, 15) is 9.90 Å². The van der Waals surface area contributed by atoms with Gasteiger partial charge < -0.3 is 9.84 Å². The van der Waals surface area contributed by atoms with Crippen LogP contribution < -0.4 is 4.74 Å². The van der Waals surface area contributed by atoms with E-state index in [0.29, 0.717) is 12.8 Å². The van der Waals surface area contributed by atoms with Gasteiger partial charge in [0.15, 0.2) is 0 Å². The number of fused-ring (bicyclic) bond motifs is 1. The molecule has 0 amide bonds. The molecule has 3 fully saturated rings. The summed E-state index contributed by atoms with van der Waals surface area (Å²) in [6.07, 6.45) is 5.48. The van der Waals surface area contributed by atoms with Gasteiger partial charge in [-0.25, -0.2) is 0 Å². The zero-order valence-electron chi connectivity index (χ0n) is 15.2. The quantitative estimate of drug-likeness (QED) is 0.822. The van der Waals surface area contributed by atoms with E-state index in [1.54, 1.807) is 7.11 Å². The lowest BCUT2D eigenvalue weighted by Gasteiger charge is -2.59. The van der Waals surface area contributed by atoms with Crippen molar-refractivity contribution in [2.75, 3.05) is 20.2 Å². The Bertz CT molecular complexity index is 764. The Hall–Kier alpha value is -1.10. The average molecular weight is 376 g/mol. The van der Waals surface area contributed by atoms with E-state index in [0.717, 1.165) is 37.6 Å². The van der Waals surface area contributed by atoms with Gasteiger partial charge in [0.25, 0.3) is 0 Å². The molecule has 4 atom stereocenters. The zero-order valence-corrected chi connectivity index (χ0v) is 16.0. The molecule has 140 valence electrons. The Morgan fingerprint density at radius 1 is 1.38 bits per heavy atom. The molecule has 1 saturated heterocycles. The van der Waals surface area contributed by atoms with E-state index >= 15 is 0 Å². The largest absolute Gasteiger partial charge is 0.497 e. The number of carbonyl (C=O) groups excluding carboxylic acids is 1. The monoisotopic (exact) mass is 375 g/mol. The van der Waals surface area contributed by atoms with Crippen LogP contribution in [-0.4, -0.2) is 47.1 Å². The third-order valence-corrected chi connectivity index (χ3v) is 7.86. The molecule has 4 nitrogen and oxygen atoms in total. The lowest BCUT2D eigenvalue weighted by Crippen LogP contribution is -2.69. The number of hydrogen-bond acceptors (Lipinski definition) is 4. The number of benzene rings is 1. The maximum atomic E-state index is 12.0. The van der Waals surface area contributed by atoms with Crippen LogP contribution in [0.25, 0.3) is 0 Å². The van der Waals surface area contributed by atoms with Gasteiger partial charge in [0, 0.05) is 23.9 Å². The molecule has 26 heavy (non-hydrogen) atoms. The summed E-state index contributed by atoms with van der Waals surface area (Å²) in [5.74, 6) is 1.34. The van der Waals surface area contributed by atoms with Crippen molar-refractivity contribution in [2.24, 2.45) is 11.8 Å². The van der Waals surface area contributed by atoms with Gasteiger partial charge in [0.2, 0.25) is 5.24 Å². The molecule has 1 aromatic rings. The topological polar surface area (TPSA) is 49.8 Å². The van der Waals surface area contributed by atoms with Crippen molar-refractivity contribution < 1.29 is 14.6 Å². The van der Waals surface area contributed by atoms with Crippen LogP contribution in [0.4, 0.5) is 0 Å². The van der Waals surface area contributed by atoms with Crippen molar-refractivity contribution in [1.82, 2.24) is 4.90 Å². The average Bonchev–Trinajstić information content (AvgIpc) is 3.36. The van der Waals surface area contributed by atoms with Crippen molar-refractivity contribution in [3.8, 4) is 5.75 Å². The second-order valence-corrected chi connectivity index (χ2v) is 9.22. The van der Waals surface area contributed by atoms with Crippen molar-refractivity contribution >= 4 is 16.8 Å². The SMILES string of the molecule is COc1ccc2c(c1)C13CCN(CC4CC4)[C@H](C2)[C@]1(O)C[C@H](C(=O)Cl)C3. The van der Waals surface area contributed by atoms with Crippen LogP contribution >= 0.6 is 11.6 Å². The molecule has 1 aromatic carbocycles. The number of aliphatic hydroxyl groups is 1. The van der Waals surface area contributed by atoms with Crippen molar-refractivity contribution in [2.45, 2.75) is 55.6 Å². The third-order valence-electron chi connectivity index (χ3n) is 7.56. The minimum atomic E-state index is -0.880. The number of halogens is 1. The van der Waals surface area contributed by atoms with Crippen molar-refractivity contribution in [1.29, 1.82) is 0 Å². The van der Waals surface area contributed by atoms with E-state index < -0.39 is 5.60 Å². The molecule has 3 aliphatic carbocycles. The standard InChI is InChI=1S/C21H26ClNO3/c1-26-16-5-4-14-8-18-21(25)11-15(19(22)24)10-20(21,17(14)9-16)6-7-23(18)12-13-2-3-13/h4-5,9,13,15,18,25H,2-3,6-8,10-12H2,1H3/t15-,18-,20?,21-/m1/s1. The van der Waals surface area contributed by atoms with Crippen LogP contribution in [0, 0.1) is 11.8 Å². The van der Waals surface area contributed by atoms with E-state index in [2.05, 4.69) is 17.0 Å². The number of ether oxygens (including phenoxy) is 1. The molecule has 2 saturated carbocycles. The number of likely N-dealkylation sites (tertiary alicyclic amines) is 1. The molecule has 0 radical (unpaired) electrons. The van der Waals surface area contributed by atoms with Crippen LogP contribution in [-0.2, 0) is 16.6 Å². The molecular formula is C21H26ClNO3. The highest BCUT2D eigenvalue weighted by atomic mass is 35.5. The maximum Gasteiger partial charge on any atom is 0.224 e. The van der Waals surface area contributed by atoms with Crippen molar-refractivity contribution in [3.05, 3.63) is 29.3 Å². The van der Waals surface area contributed by atoms with E-state index in [1.165, 1.54) is 24.0 Å². The highest BCUT2D eigenvalue weighted by molar-refractivity contribution is 6.64. The predicted molar refractivity (Wildman–Crippen MR) is 99.6 cm³/mol. The molecule has 2 bridgehead atoms.